The zero-order chi connectivity index (χ0) is 20.2. The van der Waals surface area contributed by atoms with Crippen molar-refractivity contribution in [2.75, 3.05) is 26.5 Å². The number of benzene rings is 1. The molecular weight excluding hydrogens is 404 g/mol. The molecule has 4 rings (SSSR count). The highest BCUT2D eigenvalue weighted by atomic mass is 32.2. The van der Waals surface area contributed by atoms with Gasteiger partial charge in [0.15, 0.2) is 11.5 Å². The summed E-state index contributed by atoms with van der Waals surface area (Å²) in [7, 11) is 2.34. The summed E-state index contributed by atoms with van der Waals surface area (Å²) in [4.78, 5) is 4.61. The Morgan fingerprint density at radius 1 is 1.24 bits per heavy atom. The highest BCUT2D eigenvalue weighted by Crippen LogP contribution is 2.34. The number of hydrogen-bond acceptors (Lipinski definition) is 5. The van der Waals surface area contributed by atoms with Gasteiger partial charge in [-0.05, 0) is 41.5 Å². The molecule has 0 bridgehead atoms. The van der Waals surface area contributed by atoms with Crippen molar-refractivity contribution < 1.29 is 13.7 Å². The number of methoxy groups -OCH3 is 2. The summed E-state index contributed by atoms with van der Waals surface area (Å²) in [6, 6.07) is 8.53. The molecular formula is C22H26N2O3S2. The third-order valence-electron chi connectivity index (χ3n) is 5.34. The largest absolute Gasteiger partial charge is 0.493 e. The minimum absolute atomic E-state index is 0.383. The van der Waals surface area contributed by atoms with Crippen LogP contribution in [-0.4, -0.2) is 41.8 Å². The molecule has 2 aromatic heterocycles. The van der Waals surface area contributed by atoms with Crippen LogP contribution < -0.4 is 14.8 Å². The number of rotatable bonds is 8. The second-order valence-corrected chi connectivity index (χ2v) is 9.68. The molecule has 2 N–H and O–H groups in total. The summed E-state index contributed by atoms with van der Waals surface area (Å²) < 4.78 is 23.6. The number of ether oxygens (including phenoxy) is 2. The second-order valence-electron chi connectivity index (χ2n) is 7.16. The van der Waals surface area contributed by atoms with Gasteiger partial charge in [-0.25, -0.2) is 0 Å². The van der Waals surface area contributed by atoms with E-state index in [0.29, 0.717) is 29.0 Å². The highest BCUT2D eigenvalue weighted by molar-refractivity contribution is 7.84. The Hall–Kier alpha value is -2.09. The zero-order valence-corrected chi connectivity index (χ0v) is 18.3. The van der Waals surface area contributed by atoms with Gasteiger partial charge in [-0.2, -0.15) is 0 Å². The summed E-state index contributed by atoms with van der Waals surface area (Å²) in [5, 5.41) is 6.70. The maximum atomic E-state index is 12.8. The molecule has 0 saturated carbocycles. The van der Waals surface area contributed by atoms with Crippen LogP contribution in [0.4, 0.5) is 0 Å². The first-order valence-electron chi connectivity index (χ1n) is 9.71. The van der Waals surface area contributed by atoms with Gasteiger partial charge in [-0.3, -0.25) is 4.21 Å². The van der Waals surface area contributed by atoms with E-state index < -0.39 is 10.8 Å². The van der Waals surface area contributed by atoms with E-state index in [-0.39, 0.29) is 0 Å². The fourth-order valence-corrected chi connectivity index (χ4v) is 5.84. The van der Waals surface area contributed by atoms with Gasteiger partial charge in [-0.1, -0.05) is 12.1 Å². The molecule has 1 aliphatic heterocycles. The van der Waals surface area contributed by atoms with Gasteiger partial charge in [0.25, 0.3) is 0 Å². The first-order chi connectivity index (χ1) is 14.2. The van der Waals surface area contributed by atoms with Gasteiger partial charge in [0.1, 0.15) is 0 Å². The predicted molar refractivity (Wildman–Crippen MR) is 121 cm³/mol. The number of hydrogen-bond donors (Lipinski definition) is 2. The Kier molecular flexibility index (Phi) is 6.37. The molecule has 2 unspecified atom stereocenters. The van der Waals surface area contributed by atoms with Crippen LogP contribution in [0.3, 0.4) is 0 Å². The molecule has 1 aliphatic rings. The van der Waals surface area contributed by atoms with Crippen molar-refractivity contribution in [2.24, 2.45) is 0 Å². The van der Waals surface area contributed by atoms with Gasteiger partial charge in [-0.15, -0.1) is 11.3 Å². The van der Waals surface area contributed by atoms with Crippen molar-refractivity contribution in [3.05, 3.63) is 52.4 Å². The number of thiophene rings is 1. The van der Waals surface area contributed by atoms with Crippen molar-refractivity contribution in [3.63, 3.8) is 0 Å². The minimum atomic E-state index is -0.920. The Balaban J connectivity index is 1.37. The van der Waals surface area contributed by atoms with Crippen LogP contribution in [0.15, 0.2) is 41.9 Å². The van der Waals surface area contributed by atoms with E-state index in [0.717, 1.165) is 35.9 Å². The first-order valence-corrected chi connectivity index (χ1v) is 12.1. The molecule has 3 aromatic rings. The molecule has 1 aromatic carbocycles. The Bertz CT molecular complexity index is 1020. The van der Waals surface area contributed by atoms with Crippen LogP contribution in [0, 0.1) is 0 Å². The van der Waals surface area contributed by atoms with E-state index in [9.17, 15) is 4.21 Å². The molecule has 0 spiro atoms. The summed E-state index contributed by atoms with van der Waals surface area (Å²) in [5.74, 6) is 2.60. The monoisotopic (exact) mass is 430 g/mol. The van der Waals surface area contributed by atoms with Crippen LogP contribution in [0.2, 0.25) is 0 Å². The normalized spacial score (nSPS) is 17.9. The van der Waals surface area contributed by atoms with Crippen LogP contribution in [0.25, 0.3) is 16.5 Å². The van der Waals surface area contributed by atoms with E-state index in [1.165, 1.54) is 10.5 Å². The van der Waals surface area contributed by atoms with E-state index >= 15 is 0 Å². The SMILES string of the molecule is COc1cc2[nH]cc(CS(=O)CCC3CC(c4cccs4)=CCN3)c2cc1OC. The first kappa shape index (κ1) is 20.2. The summed E-state index contributed by atoms with van der Waals surface area (Å²) in [5.41, 5.74) is 3.43. The van der Waals surface area contributed by atoms with Crippen molar-refractivity contribution in [3.8, 4) is 11.5 Å². The lowest BCUT2D eigenvalue weighted by Crippen LogP contribution is -2.34. The van der Waals surface area contributed by atoms with Crippen LogP contribution in [0.5, 0.6) is 11.5 Å². The molecule has 0 fully saturated rings. The van der Waals surface area contributed by atoms with E-state index in [4.69, 9.17) is 9.47 Å². The van der Waals surface area contributed by atoms with Crippen LogP contribution in [0.1, 0.15) is 23.3 Å². The molecule has 0 saturated heterocycles. The average molecular weight is 431 g/mol. The van der Waals surface area contributed by atoms with Crippen LogP contribution in [-0.2, 0) is 16.6 Å². The molecule has 5 nitrogen and oxygen atoms in total. The Morgan fingerprint density at radius 3 is 2.83 bits per heavy atom. The topological polar surface area (TPSA) is 63.4 Å². The van der Waals surface area contributed by atoms with Gasteiger partial charge < -0.3 is 19.8 Å². The predicted octanol–water partition coefficient (Wildman–Crippen LogP) is 4.33. The lowest BCUT2D eigenvalue weighted by Gasteiger charge is -2.23. The van der Waals surface area contributed by atoms with Gasteiger partial charge >= 0.3 is 0 Å². The molecule has 154 valence electrons. The lowest BCUT2D eigenvalue weighted by molar-refractivity contribution is 0.356. The number of nitrogens with one attached hydrogen (secondary N) is 2. The number of H-pyrrole nitrogens is 1. The molecule has 0 amide bonds. The molecule has 7 heteroatoms. The molecule has 29 heavy (non-hydrogen) atoms. The fourth-order valence-electron chi connectivity index (χ4n) is 3.78. The van der Waals surface area contributed by atoms with Crippen molar-refractivity contribution in [1.82, 2.24) is 10.3 Å². The Labute approximate surface area is 177 Å². The van der Waals surface area contributed by atoms with Crippen molar-refractivity contribution in [1.29, 1.82) is 0 Å². The number of aromatic amines is 1. The van der Waals surface area contributed by atoms with E-state index in [2.05, 4.69) is 33.9 Å². The quantitative estimate of drug-likeness (QED) is 0.558. The summed E-state index contributed by atoms with van der Waals surface area (Å²) in [6.07, 6.45) is 6.13. The lowest BCUT2D eigenvalue weighted by atomic mass is 9.99. The second kappa shape index (κ2) is 9.15. The third kappa shape index (κ3) is 4.57. The van der Waals surface area contributed by atoms with Crippen LogP contribution >= 0.6 is 11.3 Å². The standard InChI is InChI=1S/C22H26N2O3S2/c1-26-20-11-18-16(13-24-19(18)12-21(20)27-2)14-29(25)9-6-17-10-15(5-7-23-17)22-4-3-8-28-22/h3-5,8,11-13,17,23-24H,6-7,9-10,14H2,1-2H3. The molecule has 0 radical (unpaired) electrons. The third-order valence-corrected chi connectivity index (χ3v) is 7.61. The smallest absolute Gasteiger partial charge is 0.162 e. The maximum Gasteiger partial charge on any atom is 0.162 e. The van der Waals surface area contributed by atoms with Gasteiger partial charge in [0, 0.05) is 57.2 Å². The number of fused-ring (bicyclic) bond motifs is 1. The van der Waals surface area contributed by atoms with E-state index in [1.54, 1.807) is 25.6 Å². The molecule has 2 atom stereocenters. The van der Waals surface area contributed by atoms with Crippen molar-refractivity contribution in [2.45, 2.75) is 24.6 Å². The molecule has 0 aliphatic carbocycles. The maximum absolute atomic E-state index is 12.8. The fraction of sp³-hybridized carbons (Fsp3) is 0.364. The average Bonchev–Trinajstić information content (AvgIpc) is 3.42. The van der Waals surface area contributed by atoms with Gasteiger partial charge in [0.05, 0.1) is 20.0 Å². The molecule has 3 heterocycles. The minimum Gasteiger partial charge on any atom is -0.493 e. The van der Waals surface area contributed by atoms with Gasteiger partial charge in [0.2, 0.25) is 0 Å². The summed E-state index contributed by atoms with van der Waals surface area (Å²) in [6.45, 7) is 0.884. The van der Waals surface area contributed by atoms with Crippen molar-refractivity contribution >= 4 is 38.6 Å². The summed E-state index contributed by atoms with van der Waals surface area (Å²) >= 11 is 1.79. The number of aromatic nitrogens is 1. The zero-order valence-electron chi connectivity index (χ0n) is 16.7. The Morgan fingerprint density at radius 2 is 2.07 bits per heavy atom. The van der Waals surface area contributed by atoms with E-state index in [1.807, 2.05) is 18.3 Å². The highest BCUT2D eigenvalue weighted by Gasteiger charge is 2.18.